The number of nitriles is 1. The molecule has 3 atom stereocenters. The van der Waals surface area contributed by atoms with Crippen LogP contribution in [-0.4, -0.2) is 69.9 Å². The van der Waals surface area contributed by atoms with E-state index in [4.69, 9.17) is 23.2 Å². The van der Waals surface area contributed by atoms with Gasteiger partial charge in [0.1, 0.15) is 6.07 Å². The minimum atomic E-state index is -1.55. The van der Waals surface area contributed by atoms with Gasteiger partial charge in [0.15, 0.2) is 0 Å². The Kier molecular flexibility index (Phi) is 11.3. The van der Waals surface area contributed by atoms with Crippen LogP contribution in [0.4, 0.5) is 0 Å². The highest BCUT2D eigenvalue weighted by molar-refractivity contribution is 7.84. The number of likely N-dealkylation sites (N-methyl/N-ethyl adjacent to an activating group) is 1. The first-order valence-corrected chi connectivity index (χ1v) is 19.1. The molecule has 4 aromatic carbocycles. The van der Waals surface area contributed by atoms with E-state index in [0.717, 1.165) is 54.7 Å². The van der Waals surface area contributed by atoms with Crippen LogP contribution < -0.4 is 0 Å². The van der Waals surface area contributed by atoms with E-state index in [-0.39, 0.29) is 22.3 Å². The Hall–Kier alpha value is -3.06. The molecular formula is C36H37Cl2N3O3S2. The molecule has 0 saturated carbocycles. The van der Waals surface area contributed by atoms with Crippen molar-refractivity contribution < 1.29 is 13.2 Å². The van der Waals surface area contributed by atoms with E-state index in [2.05, 4.69) is 17.0 Å². The fraction of sp³-hybridized carbons (Fsp3) is 0.333. The second kappa shape index (κ2) is 15.2. The molecule has 0 aliphatic carbocycles. The molecule has 240 valence electrons. The number of halogens is 2. The predicted molar refractivity (Wildman–Crippen MR) is 189 cm³/mol. The molecule has 1 aliphatic heterocycles. The molecular weight excluding hydrogens is 657 g/mol. The zero-order chi connectivity index (χ0) is 33.0. The second-order valence-electron chi connectivity index (χ2n) is 11.9. The lowest BCUT2D eigenvalue weighted by molar-refractivity contribution is 0.0780. The van der Waals surface area contributed by atoms with E-state index in [0.29, 0.717) is 33.5 Å². The molecule has 1 aliphatic rings. The highest BCUT2D eigenvalue weighted by Crippen LogP contribution is 2.34. The van der Waals surface area contributed by atoms with Crippen molar-refractivity contribution in [1.29, 1.82) is 5.26 Å². The van der Waals surface area contributed by atoms with Gasteiger partial charge in [0.05, 0.1) is 47.7 Å². The van der Waals surface area contributed by atoms with Crippen LogP contribution in [0.1, 0.15) is 58.1 Å². The second-order valence-corrected chi connectivity index (χ2v) is 15.3. The number of hydrogen-bond acceptors (Lipinski definition) is 5. The van der Waals surface area contributed by atoms with E-state index >= 15 is 0 Å². The number of carbonyl (C=O) groups excluding carboxylic acids is 1. The van der Waals surface area contributed by atoms with Gasteiger partial charge in [-0.3, -0.25) is 13.2 Å². The zero-order valence-electron chi connectivity index (χ0n) is 26.2. The summed E-state index contributed by atoms with van der Waals surface area (Å²) in [6.45, 7) is 3.08. The van der Waals surface area contributed by atoms with Gasteiger partial charge in [-0.25, -0.2) is 0 Å². The average Bonchev–Trinajstić information content (AvgIpc) is 3.06. The number of amides is 1. The quantitative estimate of drug-likeness (QED) is 0.171. The van der Waals surface area contributed by atoms with Gasteiger partial charge in [-0.05, 0) is 91.0 Å². The fourth-order valence-corrected chi connectivity index (χ4v) is 8.58. The SMILES string of the molecule is CN(C[C@@H](CCN1CCC(c2ccccc2S(C)=O)CC1)c1ccc(Cl)c(Cl)c1)C(=O)c1c(S(C)=O)c(C#N)cc2ccccc12. The van der Waals surface area contributed by atoms with Crippen LogP contribution in [0.5, 0.6) is 0 Å². The molecule has 1 amide bonds. The van der Waals surface area contributed by atoms with Gasteiger partial charge in [0.2, 0.25) is 0 Å². The lowest BCUT2D eigenvalue weighted by atomic mass is 9.88. The lowest BCUT2D eigenvalue weighted by Crippen LogP contribution is -2.36. The van der Waals surface area contributed by atoms with Crippen molar-refractivity contribution in [2.45, 2.75) is 40.9 Å². The number of hydrogen-bond donors (Lipinski definition) is 0. The van der Waals surface area contributed by atoms with Crippen LogP contribution in [0.25, 0.3) is 10.8 Å². The van der Waals surface area contributed by atoms with Crippen molar-refractivity contribution in [3.63, 3.8) is 0 Å². The molecule has 1 fully saturated rings. The van der Waals surface area contributed by atoms with Gasteiger partial charge in [-0.15, -0.1) is 0 Å². The van der Waals surface area contributed by atoms with E-state index in [1.54, 1.807) is 30.3 Å². The van der Waals surface area contributed by atoms with E-state index in [9.17, 15) is 18.5 Å². The minimum Gasteiger partial charge on any atom is -0.341 e. The van der Waals surface area contributed by atoms with Gasteiger partial charge in [0.25, 0.3) is 5.91 Å². The van der Waals surface area contributed by atoms with Crippen LogP contribution in [0.3, 0.4) is 0 Å². The number of piperidine rings is 1. The maximum absolute atomic E-state index is 14.2. The van der Waals surface area contributed by atoms with Crippen LogP contribution in [0, 0.1) is 11.3 Å². The zero-order valence-corrected chi connectivity index (χ0v) is 29.3. The molecule has 1 heterocycles. The molecule has 6 nitrogen and oxygen atoms in total. The summed E-state index contributed by atoms with van der Waals surface area (Å²) in [5, 5.41) is 12.2. The summed E-state index contributed by atoms with van der Waals surface area (Å²) in [5.41, 5.74) is 2.73. The third-order valence-corrected chi connectivity index (χ3v) is 11.7. The first kappa shape index (κ1) is 34.3. The van der Waals surface area contributed by atoms with E-state index in [1.165, 1.54) is 11.8 Å². The molecule has 5 rings (SSSR count). The van der Waals surface area contributed by atoms with Crippen molar-refractivity contribution in [3.05, 3.63) is 105 Å². The topological polar surface area (TPSA) is 81.5 Å². The van der Waals surface area contributed by atoms with Gasteiger partial charge < -0.3 is 9.80 Å². The van der Waals surface area contributed by atoms with Gasteiger partial charge >= 0.3 is 0 Å². The summed E-state index contributed by atoms with van der Waals surface area (Å²) in [6.07, 6.45) is 6.00. The Balaban J connectivity index is 1.37. The molecule has 10 heteroatoms. The highest BCUT2D eigenvalue weighted by atomic mass is 35.5. The number of nitrogens with zero attached hydrogens (tertiary/aromatic N) is 3. The first-order valence-electron chi connectivity index (χ1n) is 15.2. The molecule has 0 bridgehead atoms. The summed E-state index contributed by atoms with van der Waals surface area (Å²) in [5.74, 6) is 0.0466. The van der Waals surface area contributed by atoms with Gasteiger partial charge in [-0.1, -0.05) is 71.7 Å². The third kappa shape index (κ3) is 7.56. The molecule has 46 heavy (non-hydrogen) atoms. The Morgan fingerprint density at radius 1 is 0.978 bits per heavy atom. The summed E-state index contributed by atoms with van der Waals surface area (Å²) in [4.78, 5) is 19.5. The molecule has 0 N–H and O–H groups in total. The Bertz CT molecular complexity index is 1850. The standard InChI is InChI=1S/C36H37Cl2N3O3S2/c1-40(36(42)34-30-10-5-4-8-26(30)20-28(22-39)35(34)46(3)44)23-27(25-12-13-31(37)32(38)21-25)16-19-41-17-14-24(15-18-41)29-9-6-7-11-33(29)45(2)43/h4-13,20-21,24,27H,14-19,23H2,1-3H3/t27-,45?,46?/m1/s1. The first-order chi connectivity index (χ1) is 22.1. The van der Waals surface area contributed by atoms with Crippen molar-refractivity contribution in [1.82, 2.24) is 9.80 Å². The Labute approximate surface area is 286 Å². The number of fused-ring (bicyclic) bond motifs is 1. The number of rotatable bonds is 10. The Morgan fingerprint density at radius 3 is 2.35 bits per heavy atom. The minimum absolute atomic E-state index is 0.0503. The summed E-state index contributed by atoms with van der Waals surface area (Å²) >= 11 is 12.7. The van der Waals surface area contributed by atoms with Crippen LogP contribution >= 0.6 is 23.2 Å². The Morgan fingerprint density at radius 2 is 1.67 bits per heavy atom. The predicted octanol–water partition coefficient (Wildman–Crippen LogP) is 7.62. The van der Waals surface area contributed by atoms with E-state index < -0.39 is 21.6 Å². The number of likely N-dealkylation sites (tertiary alicyclic amines) is 1. The van der Waals surface area contributed by atoms with Crippen LogP contribution in [0.2, 0.25) is 10.0 Å². The maximum Gasteiger partial charge on any atom is 0.255 e. The van der Waals surface area contributed by atoms with Crippen molar-refractivity contribution in [3.8, 4) is 6.07 Å². The highest BCUT2D eigenvalue weighted by Gasteiger charge is 2.28. The summed E-state index contributed by atoms with van der Waals surface area (Å²) in [7, 11) is -0.822. The lowest BCUT2D eigenvalue weighted by Gasteiger charge is -2.34. The monoisotopic (exact) mass is 693 g/mol. The molecule has 0 spiro atoms. The number of carbonyl (C=O) groups is 1. The number of benzene rings is 4. The van der Waals surface area contributed by atoms with Crippen molar-refractivity contribution in [2.24, 2.45) is 0 Å². The van der Waals surface area contributed by atoms with Crippen LogP contribution in [0.15, 0.2) is 82.6 Å². The van der Waals surface area contributed by atoms with Gasteiger partial charge in [-0.2, -0.15) is 5.26 Å². The van der Waals surface area contributed by atoms with Crippen molar-refractivity contribution in [2.75, 3.05) is 45.7 Å². The molecule has 4 aromatic rings. The largest absolute Gasteiger partial charge is 0.341 e. The molecule has 1 saturated heterocycles. The third-order valence-electron chi connectivity index (χ3n) is 8.93. The van der Waals surface area contributed by atoms with Gasteiger partial charge in [0, 0.05) is 36.9 Å². The molecule has 0 aromatic heterocycles. The van der Waals surface area contributed by atoms with E-state index in [1.807, 2.05) is 54.6 Å². The van der Waals surface area contributed by atoms with Crippen LogP contribution in [-0.2, 0) is 21.6 Å². The smallest absolute Gasteiger partial charge is 0.255 e. The normalized spacial score (nSPS) is 16.1. The fourth-order valence-electron chi connectivity index (χ4n) is 6.54. The summed E-state index contributed by atoms with van der Waals surface area (Å²) < 4.78 is 25.2. The average molecular weight is 695 g/mol. The van der Waals surface area contributed by atoms with Crippen molar-refractivity contribution >= 4 is 61.5 Å². The molecule has 2 unspecified atom stereocenters. The summed E-state index contributed by atoms with van der Waals surface area (Å²) in [6, 6.07) is 24.9. The maximum atomic E-state index is 14.2. The molecule has 0 radical (unpaired) electrons.